The molecule has 1 aromatic rings. The molecule has 0 aliphatic carbocycles. The van der Waals surface area contributed by atoms with Crippen LogP contribution in [0.4, 0.5) is 5.69 Å². The molecule has 1 heterocycles. The highest BCUT2D eigenvalue weighted by molar-refractivity contribution is 14.1. The lowest BCUT2D eigenvalue weighted by molar-refractivity contribution is 1.13. The summed E-state index contributed by atoms with van der Waals surface area (Å²) in [6, 6.07) is 0. The quantitative estimate of drug-likeness (QED) is 0.718. The van der Waals surface area contributed by atoms with Crippen LogP contribution in [0.15, 0.2) is 5.38 Å². The van der Waals surface area contributed by atoms with Crippen molar-refractivity contribution in [3.63, 3.8) is 0 Å². The Morgan fingerprint density at radius 3 is 2.40 bits per heavy atom. The van der Waals surface area contributed by atoms with Gasteiger partial charge in [0.2, 0.25) is 0 Å². The standard InChI is InChI=1S/C6H7ClINS/c1-9(2)5-4(7)3-10-6(5)8/h3H,1-2H3. The third kappa shape index (κ3) is 1.57. The van der Waals surface area contributed by atoms with Gasteiger partial charge in [-0.15, -0.1) is 11.3 Å². The number of halogens is 2. The Hall–Kier alpha value is 0.520. The van der Waals surface area contributed by atoms with Crippen LogP contribution in [-0.4, -0.2) is 14.1 Å². The van der Waals surface area contributed by atoms with E-state index in [0.717, 1.165) is 10.7 Å². The molecular weight excluding hydrogens is 280 g/mol. The van der Waals surface area contributed by atoms with Gasteiger partial charge in [0.15, 0.2) is 0 Å². The lowest BCUT2D eigenvalue weighted by Gasteiger charge is -2.10. The van der Waals surface area contributed by atoms with E-state index in [0.29, 0.717) is 0 Å². The van der Waals surface area contributed by atoms with Gasteiger partial charge in [0, 0.05) is 19.5 Å². The fourth-order valence-corrected chi connectivity index (χ4v) is 3.19. The van der Waals surface area contributed by atoms with E-state index in [1.807, 2.05) is 24.4 Å². The van der Waals surface area contributed by atoms with Crippen molar-refractivity contribution in [2.45, 2.75) is 0 Å². The van der Waals surface area contributed by atoms with Crippen LogP contribution in [0.25, 0.3) is 0 Å². The van der Waals surface area contributed by atoms with Crippen molar-refractivity contribution >= 4 is 51.2 Å². The van der Waals surface area contributed by atoms with E-state index in [-0.39, 0.29) is 0 Å². The van der Waals surface area contributed by atoms with Gasteiger partial charge < -0.3 is 4.90 Å². The van der Waals surface area contributed by atoms with Gasteiger partial charge in [0.1, 0.15) is 0 Å². The van der Waals surface area contributed by atoms with Gasteiger partial charge in [-0.2, -0.15) is 0 Å². The second kappa shape index (κ2) is 3.28. The largest absolute Gasteiger partial charge is 0.375 e. The summed E-state index contributed by atoms with van der Waals surface area (Å²) in [6.07, 6.45) is 0. The molecular formula is C6H7ClINS. The molecule has 0 spiro atoms. The van der Waals surface area contributed by atoms with Crippen molar-refractivity contribution in [1.29, 1.82) is 0 Å². The van der Waals surface area contributed by atoms with E-state index in [2.05, 4.69) is 22.6 Å². The highest BCUT2D eigenvalue weighted by Gasteiger charge is 2.08. The molecule has 0 saturated heterocycles. The maximum atomic E-state index is 5.90. The summed E-state index contributed by atoms with van der Waals surface area (Å²) in [5, 5.41) is 2.80. The zero-order valence-electron chi connectivity index (χ0n) is 5.69. The summed E-state index contributed by atoms with van der Waals surface area (Å²) in [5.41, 5.74) is 1.13. The molecule has 0 unspecified atom stereocenters. The first-order valence-electron chi connectivity index (χ1n) is 2.72. The molecule has 0 fully saturated rings. The SMILES string of the molecule is CN(C)c1c(Cl)csc1I. The number of thiophene rings is 1. The Labute approximate surface area is 83.1 Å². The monoisotopic (exact) mass is 287 g/mol. The van der Waals surface area contributed by atoms with Crippen LogP contribution in [0.2, 0.25) is 5.02 Å². The van der Waals surface area contributed by atoms with Gasteiger partial charge in [0.25, 0.3) is 0 Å². The Morgan fingerprint density at radius 2 is 2.20 bits per heavy atom. The molecule has 0 bridgehead atoms. The van der Waals surface area contributed by atoms with Crippen molar-refractivity contribution in [3.8, 4) is 0 Å². The molecule has 10 heavy (non-hydrogen) atoms. The van der Waals surface area contributed by atoms with Gasteiger partial charge in [-0.1, -0.05) is 11.6 Å². The average molecular weight is 288 g/mol. The molecule has 1 aromatic heterocycles. The van der Waals surface area contributed by atoms with E-state index in [4.69, 9.17) is 11.6 Å². The molecule has 0 N–H and O–H groups in total. The number of hydrogen-bond acceptors (Lipinski definition) is 2. The molecule has 56 valence electrons. The Balaban J connectivity index is 3.10. The van der Waals surface area contributed by atoms with E-state index in [9.17, 15) is 0 Å². The highest BCUT2D eigenvalue weighted by Crippen LogP contribution is 2.34. The van der Waals surface area contributed by atoms with E-state index >= 15 is 0 Å². The molecule has 1 rings (SSSR count). The summed E-state index contributed by atoms with van der Waals surface area (Å²) >= 11 is 9.87. The first-order valence-corrected chi connectivity index (χ1v) is 5.06. The minimum Gasteiger partial charge on any atom is -0.375 e. The summed E-state index contributed by atoms with van der Waals surface area (Å²) in [5.74, 6) is 0. The summed E-state index contributed by atoms with van der Waals surface area (Å²) in [6.45, 7) is 0. The van der Waals surface area contributed by atoms with E-state index in [1.54, 1.807) is 11.3 Å². The van der Waals surface area contributed by atoms with Crippen LogP contribution in [0.5, 0.6) is 0 Å². The van der Waals surface area contributed by atoms with Crippen LogP contribution in [0, 0.1) is 2.88 Å². The molecule has 4 heteroatoms. The Morgan fingerprint density at radius 1 is 1.60 bits per heavy atom. The molecule has 0 amide bonds. The van der Waals surface area contributed by atoms with Gasteiger partial charge >= 0.3 is 0 Å². The van der Waals surface area contributed by atoms with Crippen LogP contribution < -0.4 is 4.90 Å². The van der Waals surface area contributed by atoms with Gasteiger partial charge in [-0.25, -0.2) is 0 Å². The van der Waals surface area contributed by atoms with Crippen LogP contribution in [0.3, 0.4) is 0 Å². The Kier molecular flexibility index (Phi) is 2.82. The predicted molar refractivity (Wildman–Crippen MR) is 56.4 cm³/mol. The zero-order chi connectivity index (χ0) is 7.72. The fourth-order valence-electron chi connectivity index (χ4n) is 0.698. The van der Waals surface area contributed by atoms with Gasteiger partial charge in [0.05, 0.1) is 13.6 Å². The second-order valence-electron chi connectivity index (χ2n) is 2.10. The molecule has 0 aliphatic rings. The summed E-state index contributed by atoms with van der Waals surface area (Å²) in [7, 11) is 3.99. The lowest BCUT2D eigenvalue weighted by Crippen LogP contribution is -2.08. The first kappa shape index (κ1) is 8.62. The predicted octanol–water partition coefficient (Wildman–Crippen LogP) is 3.07. The topological polar surface area (TPSA) is 3.24 Å². The fraction of sp³-hybridized carbons (Fsp3) is 0.333. The normalized spacial score (nSPS) is 10.0. The van der Waals surface area contributed by atoms with Gasteiger partial charge in [-0.3, -0.25) is 0 Å². The van der Waals surface area contributed by atoms with Crippen molar-refractivity contribution < 1.29 is 0 Å². The lowest BCUT2D eigenvalue weighted by atomic mass is 10.5. The minimum absolute atomic E-state index is 0.847. The molecule has 0 radical (unpaired) electrons. The molecule has 1 nitrogen and oxygen atoms in total. The van der Waals surface area contributed by atoms with Gasteiger partial charge in [-0.05, 0) is 22.6 Å². The molecule has 0 aliphatic heterocycles. The first-order chi connectivity index (χ1) is 4.63. The molecule has 0 aromatic carbocycles. The minimum atomic E-state index is 0.847. The van der Waals surface area contributed by atoms with Crippen LogP contribution in [0.1, 0.15) is 0 Å². The highest BCUT2D eigenvalue weighted by atomic mass is 127. The third-order valence-corrected chi connectivity index (χ3v) is 3.57. The van der Waals surface area contributed by atoms with Crippen LogP contribution in [-0.2, 0) is 0 Å². The van der Waals surface area contributed by atoms with E-state index in [1.165, 1.54) is 2.88 Å². The van der Waals surface area contributed by atoms with Crippen molar-refractivity contribution in [1.82, 2.24) is 0 Å². The number of hydrogen-bond donors (Lipinski definition) is 0. The summed E-state index contributed by atoms with van der Waals surface area (Å²) in [4.78, 5) is 2.03. The number of anilines is 1. The average Bonchev–Trinajstić information content (AvgIpc) is 2.11. The van der Waals surface area contributed by atoms with Crippen molar-refractivity contribution in [2.75, 3.05) is 19.0 Å². The van der Waals surface area contributed by atoms with E-state index < -0.39 is 0 Å². The van der Waals surface area contributed by atoms with Crippen LogP contribution >= 0.6 is 45.5 Å². The third-order valence-electron chi connectivity index (χ3n) is 1.13. The maximum Gasteiger partial charge on any atom is 0.0902 e. The smallest absolute Gasteiger partial charge is 0.0902 e. The Bertz CT molecular complexity index is 214. The maximum absolute atomic E-state index is 5.90. The summed E-state index contributed by atoms with van der Waals surface area (Å²) < 4.78 is 1.24. The zero-order valence-corrected chi connectivity index (χ0v) is 9.42. The number of nitrogens with zero attached hydrogens (tertiary/aromatic N) is 1. The second-order valence-corrected chi connectivity index (χ2v) is 5.20. The molecule has 0 saturated carbocycles. The van der Waals surface area contributed by atoms with Crippen molar-refractivity contribution in [3.05, 3.63) is 13.3 Å². The molecule has 0 atom stereocenters. The number of rotatable bonds is 1. The van der Waals surface area contributed by atoms with Crippen molar-refractivity contribution in [2.24, 2.45) is 0 Å².